The summed E-state index contributed by atoms with van der Waals surface area (Å²) in [7, 11) is 0. The highest BCUT2D eigenvalue weighted by molar-refractivity contribution is 7.11. The van der Waals surface area contributed by atoms with Crippen LogP contribution in [0.3, 0.4) is 0 Å². The molecule has 2 aliphatic heterocycles. The van der Waals surface area contributed by atoms with E-state index in [1.807, 2.05) is 32.6 Å². The second kappa shape index (κ2) is 7.40. The molecule has 0 radical (unpaired) electrons. The summed E-state index contributed by atoms with van der Waals surface area (Å²) in [6, 6.07) is -0.0988. The van der Waals surface area contributed by atoms with E-state index in [0.29, 0.717) is 31.1 Å². The average Bonchev–Trinajstić information content (AvgIpc) is 3.37. The monoisotopic (exact) mass is 418 g/mol. The van der Waals surface area contributed by atoms with Crippen LogP contribution in [0, 0.1) is 6.92 Å². The molecule has 29 heavy (non-hydrogen) atoms. The summed E-state index contributed by atoms with van der Waals surface area (Å²) in [5.74, 6) is 1.54. The van der Waals surface area contributed by atoms with Crippen LogP contribution in [0.5, 0.6) is 0 Å². The van der Waals surface area contributed by atoms with Gasteiger partial charge in [-0.15, -0.1) is 21.5 Å². The summed E-state index contributed by atoms with van der Waals surface area (Å²) in [4.78, 5) is 33.9. The maximum atomic E-state index is 13.0. The standard InChI is InChI=1S/C19H26N6O3S/c1-12-15(29-11-20-12)17(26)24-7-5-6-13(24)16-22-21-14-10-23(8-9-25(14)16)18(27)28-19(2,3)4/h11,13H,5-10H2,1-4H3/t13-/m1/s1. The number of rotatable bonds is 2. The molecule has 9 nitrogen and oxygen atoms in total. The first-order valence-corrected chi connectivity index (χ1v) is 10.7. The lowest BCUT2D eigenvalue weighted by Crippen LogP contribution is -2.42. The van der Waals surface area contributed by atoms with Crippen LogP contribution >= 0.6 is 11.3 Å². The minimum Gasteiger partial charge on any atom is -0.444 e. The average molecular weight is 419 g/mol. The summed E-state index contributed by atoms with van der Waals surface area (Å²) in [5, 5.41) is 8.73. The molecule has 1 atom stereocenters. The summed E-state index contributed by atoms with van der Waals surface area (Å²) < 4.78 is 7.52. The fraction of sp³-hybridized carbons (Fsp3) is 0.632. The molecule has 0 spiro atoms. The second-order valence-corrected chi connectivity index (χ2v) is 9.31. The Bertz CT molecular complexity index is 931. The number of aromatic nitrogens is 4. The van der Waals surface area contributed by atoms with E-state index in [-0.39, 0.29) is 18.0 Å². The molecule has 156 valence electrons. The molecule has 2 aromatic rings. The van der Waals surface area contributed by atoms with Gasteiger partial charge in [-0.2, -0.15) is 0 Å². The molecule has 0 N–H and O–H groups in total. The number of nitrogens with zero attached hydrogens (tertiary/aromatic N) is 6. The normalized spacial score (nSPS) is 19.4. The number of fused-ring (bicyclic) bond motifs is 1. The van der Waals surface area contributed by atoms with Crippen molar-refractivity contribution >= 4 is 23.3 Å². The van der Waals surface area contributed by atoms with Crippen LogP contribution in [0.15, 0.2) is 5.51 Å². The van der Waals surface area contributed by atoms with E-state index in [1.54, 1.807) is 10.4 Å². The summed E-state index contributed by atoms with van der Waals surface area (Å²) in [6.45, 7) is 9.60. The predicted octanol–water partition coefficient (Wildman–Crippen LogP) is 2.77. The molecule has 0 unspecified atom stereocenters. The second-order valence-electron chi connectivity index (χ2n) is 8.45. The molecule has 10 heteroatoms. The number of likely N-dealkylation sites (tertiary alicyclic amines) is 1. The number of thiazole rings is 1. The third-order valence-corrected chi connectivity index (χ3v) is 6.10. The first-order chi connectivity index (χ1) is 13.7. The van der Waals surface area contributed by atoms with Crippen molar-refractivity contribution in [3.63, 3.8) is 0 Å². The number of hydrogen-bond donors (Lipinski definition) is 0. The number of amides is 2. The van der Waals surface area contributed by atoms with Crippen LogP contribution < -0.4 is 0 Å². The molecule has 0 aromatic carbocycles. The van der Waals surface area contributed by atoms with Gasteiger partial charge in [-0.05, 0) is 40.5 Å². The van der Waals surface area contributed by atoms with Crippen molar-refractivity contribution in [1.82, 2.24) is 29.5 Å². The van der Waals surface area contributed by atoms with Gasteiger partial charge in [0.25, 0.3) is 5.91 Å². The summed E-state index contributed by atoms with van der Waals surface area (Å²) in [6.07, 6.45) is 1.45. The van der Waals surface area contributed by atoms with Gasteiger partial charge in [0.1, 0.15) is 10.5 Å². The van der Waals surface area contributed by atoms with Crippen molar-refractivity contribution < 1.29 is 14.3 Å². The highest BCUT2D eigenvalue weighted by Crippen LogP contribution is 2.34. The Balaban J connectivity index is 1.52. The highest BCUT2D eigenvalue weighted by Gasteiger charge is 2.37. The third kappa shape index (κ3) is 3.85. The molecule has 2 aliphatic rings. The first kappa shape index (κ1) is 19.8. The topological polar surface area (TPSA) is 93.5 Å². The molecular weight excluding hydrogens is 392 g/mol. The SMILES string of the molecule is Cc1ncsc1C(=O)N1CCC[C@@H]1c1nnc2n1CCN(C(=O)OC(C)(C)C)C2. The Morgan fingerprint density at radius 3 is 2.69 bits per heavy atom. The third-order valence-electron chi connectivity index (χ3n) is 5.18. The van der Waals surface area contributed by atoms with Crippen molar-refractivity contribution in [2.45, 2.75) is 65.3 Å². The number of aryl methyl sites for hydroxylation is 1. The van der Waals surface area contributed by atoms with Crippen LogP contribution in [0.25, 0.3) is 0 Å². The van der Waals surface area contributed by atoms with Crippen molar-refractivity contribution in [3.05, 3.63) is 27.7 Å². The zero-order valence-electron chi connectivity index (χ0n) is 17.2. The number of ether oxygens (including phenoxy) is 1. The van der Waals surface area contributed by atoms with E-state index >= 15 is 0 Å². The summed E-state index contributed by atoms with van der Waals surface area (Å²) in [5.41, 5.74) is 1.94. The number of carbonyl (C=O) groups is 2. The lowest BCUT2D eigenvalue weighted by Gasteiger charge is -2.31. The lowest BCUT2D eigenvalue weighted by molar-refractivity contribution is 0.0193. The Kier molecular flexibility index (Phi) is 5.05. The molecule has 2 amide bonds. The van der Waals surface area contributed by atoms with Crippen LogP contribution in [-0.4, -0.2) is 60.2 Å². The van der Waals surface area contributed by atoms with Gasteiger partial charge in [0.15, 0.2) is 11.6 Å². The molecular formula is C19H26N6O3S. The van der Waals surface area contributed by atoms with Gasteiger partial charge in [-0.3, -0.25) is 9.69 Å². The zero-order valence-corrected chi connectivity index (χ0v) is 18.0. The van der Waals surface area contributed by atoms with E-state index in [9.17, 15) is 9.59 Å². The lowest BCUT2D eigenvalue weighted by atomic mass is 10.2. The van der Waals surface area contributed by atoms with Crippen molar-refractivity contribution in [2.24, 2.45) is 0 Å². The van der Waals surface area contributed by atoms with Gasteiger partial charge >= 0.3 is 6.09 Å². The van der Waals surface area contributed by atoms with Crippen molar-refractivity contribution in [1.29, 1.82) is 0 Å². The highest BCUT2D eigenvalue weighted by atomic mass is 32.1. The van der Waals surface area contributed by atoms with E-state index in [4.69, 9.17) is 4.74 Å². The van der Waals surface area contributed by atoms with Crippen LogP contribution in [0.1, 0.15) is 66.7 Å². The molecule has 0 saturated carbocycles. The van der Waals surface area contributed by atoms with Gasteiger partial charge in [-0.25, -0.2) is 9.78 Å². The molecule has 0 bridgehead atoms. The minimum absolute atomic E-state index is 0.0102. The van der Waals surface area contributed by atoms with Gasteiger partial charge < -0.3 is 14.2 Å². The van der Waals surface area contributed by atoms with Crippen LogP contribution in [0.2, 0.25) is 0 Å². The molecule has 1 saturated heterocycles. The Morgan fingerprint density at radius 2 is 2.00 bits per heavy atom. The van der Waals surface area contributed by atoms with E-state index in [0.717, 1.165) is 30.2 Å². The van der Waals surface area contributed by atoms with Gasteiger partial charge in [0.2, 0.25) is 0 Å². The number of hydrogen-bond acceptors (Lipinski definition) is 7. The molecule has 0 aliphatic carbocycles. The van der Waals surface area contributed by atoms with Crippen molar-refractivity contribution in [2.75, 3.05) is 13.1 Å². The molecule has 4 rings (SSSR count). The zero-order chi connectivity index (χ0) is 20.8. The first-order valence-electron chi connectivity index (χ1n) is 9.85. The van der Waals surface area contributed by atoms with E-state index < -0.39 is 5.60 Å². The van der Waals surface area contributed by atoms with Crippen LogP contribution in [-0.2, 0) is 17.8 Å². The summed E-state index contributed by atoms with van der Waals surface area (Å²) >= 11 is 1.38. The van der Waals surface area contributed by atoms with E-state index in [2.05, 4.69) is 19.7 Å². The quantitative estimate of drug-likeness (QED) is 0.744. The Hall–Kier alpha value is -2.49. The van der Waals surface area contributed by atoms with Gasteiger partial charge in [0, 0.05) is 19.6 Å². The maximum Gasteiger partial charge on any atom is 0.410 e. The smallest absolute Gasteiger partial charge is 0.410 e. The number of carbonyl (C=O) groups excluding carboxylic acids is 2. The fourth-order valence-electron chi connectivity index (χ4n) is 3.82. The van der Waals surface area contributed by atoms with E-state index in [1.165, 1.54) is 11.3 Å². The van der Waals surface area contributed by atoms with Gasteiger partial charge in [-0.1, -0.05) is 0 Å². The predicted molar refractivity (Wildman–Crippen MR) is 107 cm³/mol. The Labute approximate surface area is 173 Å². The fourth-order valence-corrected chi connectivity index (χ4v) is 4.58. The minimum atomic E-state index is -0.535. The molecule has 4 heterocycles. The molecule has 1 fully saturated rings. The molecule has 2 aromatic heterocycles. The van der Waals surface area contributed by atoms with Crippen molar-refractivity contribution in [3.8, 4) is 0 Å². The Morgan fingerprint density at radius 1 is 1.21 bits per heavy atom. The maximum absolute atomic E-state index is 13.0. The van der Waals surface area contributed by atoms with Crippen LogP contribution in [0.4, 0.5) is 4.79 Å². The largest absolute Gasteiger partial charge is 0.444 e. The van der Waals surface area contributed by atoms with Gasteiger partial charge in [0.05, 0.1) is 23.8 Å².